The number of hydrogen-bond donors (Lipinski definition) is 0. The third kappa shape index (κ3) is 4.63. The number of ether oxygens (including phenoxy) is 2. The van der Waals surface area contributed by atoms with E-state index in [4.69, 9.17) is 9.47 Å². The molecule has 0 heterocycles. The largest absolute Gasteiger partial charge is 0.462 e. The number of carbonyl (C=O) groups excluding carboxylic acids is 2. The van der Waals surface area contributed by atoms with Gasteiger partial charge >= 0.3 is 11.9 Å². The second-order valence-corrected chi connectivity index (χ2v) is 14.8. The van der Waals surface area contributed by atoms with Gasteiger partial charge < -0.3 is 9.47 Å². The Morgan fingerprint density at radius 2 is 1.64 bits per heavy atom. The maximum absolute atomic E-state index is 14.1. The molecule has 0 unspecified atom stereocenters. The summed E-state index contributed by atoms with van der Waals surface area (Å²) in [6, 6.07) is 15.3. The van der Waals surface area contributed by atoms with E-state index < -0.39 is 0 Å². The lowest BCUT2D eigenvalue weighted by Crippen LogP contribution is -2.51. The van der Waals surface area contributed by atoms with Crippen molar-refractivity contribution >= 4 is 22.7 Å². The molecular formula is C38H48O4. The molecule has 2 aromatic carbocycles. The molecule has 2 aromatic rings. The van der Waals surface area contributed by atoms with Crippen LogP contribution in [0.5, 0.6) is 0 Å². The monoisotopic (exact) mass is 568 g/mol. The van der Waals surface area contributed by atoms with Gasteiger partial charge in [-0.2, -0.15) is 0 Å². The first-order valence-electron chi connectivity index (χ1n) is 16.8. The van der Waals surface area contributed by atoms with E-state index >= 15 is 0 Å². The molecule has 0 saturated heterocycles. The molecule has 0 aromatic heterocycles. The zero-order chi connectivity index (χ0) is 29.1. The van der Waals surface area contributed by atoms with Gasteiger partial charge in [-0.1, -0.05) is 74.4 Å². The summed E-state index contributed by atoms with van der Waals surface area (Å²) >= 11 is 0. The fourth-order valence-corrected chi connectivity index (χ4v) is 10.7. The highest BCUT2D eigenvalue weighted by atomic mass is 16.5. The molecule has 5 aliphatic carbocycles. The van der Waals surface area contributed by atoms with E-state index in [-0.39, 0.29) is 46.8 Å². The number of esters is 2. The lowest BCUT2D eigenvalue weighted by molar-refractivity contribution is -0.164. The topological polar surface area (TPSA) is 52.6 Å². The Balaban J connectivity index is 1.08. The zero-order valence-electron chi connectivity index (χ0n) is 25.8. The fraction of sp³-hybridized carbons (Fsp3) is 0.632. The summed E-state index contributed by atoms with van der Waals surface area (Å²) < 4.78 is 12.2. The molecule has 224 valence electrons. The SMILES string of the molecule is CC(=O)O[C@H]1CC[C@@]2(C)C(=CC[C@H]3[C@@H]4CC[C@H](C(=O)O[C@H]5CCCC[C@@H]5c5cccc6ccccc56)[C@@]4(C)CC[C@@H]32)C1. The highest BCUT2D eigenvalue weighted by molar-refractivity contribution is 5.86. The van der Waals surface area contributed by atoms with Gasteiger partial charge in [0.2, 0.25) is 0 Å². The van der Waals surface area contributed by atoms with Crippen LogP contribution < -0.4 is 0 Å². The second-order valence-electron chi connectivity index (χ2n) is 14.8. The Bertz CT molecular complexity index is 1390. The Labute approximate surface area is 251 Å². The lowest BCUT2D eigenvalue weighted by Gasteiger charge is -2.58. The molecule has 0 amide bonds. The van der Waals surface area contributed by atoms with Crippen molar-refractivity contribution in [2.75, 3.05) is 0 Å². The Hall–Kier alpha value is -2.62. The third-order valence-electron chi connectivity index (χ3n) is 12.9. The van der Waals surface area contributed by atoms with Gasteiger partial charge in [-0.3, -0.25) is 9.59 Å². The smallest absolute Gasteiger partial charge is 0.309 e. The standard InChI is InChI=1S/C38H48O4/c1-24(39)41-27-19-21-37(2)26(23-27)15-16-31-32-17-18-34(38(32,3)22-20-33(31)37)36(40)42-35-14-7-6-12-30(35)29-13-8-10-25-9-4-5-11-28(25)29/h4-5,8-11,13,15,27,30-35H,6-7,12,14,16-23H2,1-3H3/t27-,30+,31-,32-,33-,34+,35-,37-,38-/m0/s1. The van der Waals surface area contributed by atoms with E-state index in [1.807, 2.05) is 0 Å². The highest BCUT2D eigenvalue weighted by Gasteiger charge is 2.60. The molecule has 9 atom stereocenters. The maximum atomic E-state index is 14.1. The van der Waals surface area contributed by atoms with Crippen molar-refractivity contribution in [3.8, 4) is 0 Å². The third-order valence-corrected chi connectivity index (χ3v) is 12.9. The first kappa shape index (κ1) is 28.2. The van der Waals surface area contributed by atoms with Crippen LogP contribution in [0.4, 0.5) is 0 Å². The van der Waals surface area contributed by atoms with E-state index in [2.05, 4.69) is 62.4 Å². The molecular weight excluding hydrogens is 520 g/mol. The predicted octanol–water partition coefficient (Wildman–Crippen LogP) is 8.92. The minimum absolute atomic E-state index is 0.0106. The average Bonchev–Trinajstić information content (AvgIpc) is 3.34. The van der Waals surface area contributed by atoms with Gasteiger partial charge in [-0.25, -0.2) is 0 Å². The highest BCUT2D eigenvalue weighted by Crippen LogP contribution is 2.66. The van der Waals surface area contributed by atoms with Crippen molar-refractivity contribution < 1.29 is 19.1 Å². The molecule has 4 nitrogen and oxygen atoms in total. The number of carbonyl (C=O) groups is 2. The van der Waals surface area contributed by atoms with Gasteiger partial charge in [0.15, 0.2) is 0 Å². The van der Waals surface area contributed by atoms with Crippen LogP contribution in [-0.2, 0) is 19.1 Å². The summed E-state index contributed by atoms with van der Waals surface area (Å²) in [7, 11) is 0. The summed E-state index contributed by atoms with van der Waals surface area (Å²) in [4.78, 5) is 25.7. The van der Waals surface area contributed by atoms with Crippen molar-refractivity contribution in [3.63, 3.8) is 0 Å². The Morgan fingerprint density at radius 3 is 2.50 bits per heavy atom. The molecule has 4 fully saturated rings. The number of allylic oxidation sites excluding steroid dienone is 1. The van der Waals surface area contributed by atoms with Crippen molar-refractivity contribution in [2.24, 2.45) is 34.5 Å². The number of benzene rings is 2. The van der Waals surface area contributed by atoms with Crippen molar-refractivity contribution in [1.82, 2.24) is 0 Å². The fourth-order valence-electron chi connectivity index (χ4n) is 10.7. The first-order valence-corrected chi connectivity index (χ1v) is 16.8. The first-order chi connectivity index (χ1) is 20.3. The van der Waals surface area contributed by atoms with E-state index in [0.717, 1.165) is 64.2 Å². The molecule has 0 bridgehead atoms. The summed E-state index contributed by atoms with van der Waals surface area (Å²) in [5.41, 5.74) is 3.10. The van der Waals surface area contributed by atoms with Crippen LogP contribution in [0.15, 0.2) is 54.1 Å². The molecule has 0 spiro atoms. The lowest BCUT2D eigenvalue weighted by atomic mass is 9.47. The van der Waals surface area contributed by atoms with Gasteiger partial charge in [0, 0.05) is 19.3 Å². The predicted molar refractivity (Wildman–Crippen MR) is 166 cm³/mol. The Kier molecular flexibility index (Phi) is 7.26. The molecule has 7 rings (SSSR count). The van der Waals surface area contributed by atoms with Crippen LogP contribution in [0.25, 0.3) is 10.8 Å². The molecule has 4 heteroatoms. The zero-order valence-corrected chi connectivity index (χ0v) is 25.8. The second kappa shape index (κ2) is 10.8. The van der Waals surface area contributed by atoms with E-state index in [1.165, 1.54) is 41.7 Å². The van der Waals surface area contributed by atoms with E-state index in [1.54, 1.807) is 0 Å². The van der Waals surface area contributed by atoms with Crippen LogP contribution in [0.3, 0.4) is 0 Å². The maximum Gasteiger partial charge on any atom is 0.309 e. The number of fused-ring (bicyclic) bond motifs is 6. The average molecular weight is 569 g/mol. The van der Waals surface area contributed by atoms with Gasteiger partial charge in [0.05, 0.1) is 5.92 Å². The van der Waals surface area contributed by atoms with Crippen LogP contribution in [-0.4, -0.2) is 24.1 Å². The minimum Gasteiger partial charge on any atom is -0.462 e. The van der Waals surface area contributed by atoms with Gasteiger partial charge in [0.25, 0.3) is 0 Å². The molecule has 4 saturated carbocycles. The molecule has 42 heavy (non-hydrogen) atoms. The van der Waals surface area contributed by atoms with Crippen LogP contribution in [0, 0.1) is 34.5 Å². The normalized spacial score (nSPS) is 39.4. The van der Waals surface area contributed by atoms with E-state index in [9.17, 15) is 9.59 Å². The van der Waals surface area contributed by atoms with Crippen molar-refractivity contribution in [1.29, 1.82) is 0 Å². The molecule has 0 radical (unpaired) electrons. The Morgan fingerprint density at radius 1 is 0.833 bits per heavy atom. The van der Waals surface area contributed by atoms with Crippen LogP contribution in [0.1, 0.15) is 109 Å². The van der Waals surface area contributed by atoms with Gasteiger partial charge in [-0.05, 0) is 109 Å². The number of rotatable bonds is 4. The molecule has 0 N–H and O–H groups in total. The van der Waals surface area contributed by atoms with Gasteiger partial charge in [-0.15, -0.1) is 0 Å². The van der Waals surface area contributed by atoms with Gasteiger partial charge in [0.1, 0.15) is 12.2 Å². The van der Waals surface area contributed by atoms with Crippen molar-refractivity contribution in [3.05, 3.63) is 59.7 Å². The van der Waals surface area contributed by atoms with E-state index in [0.29, 0.717) is 17.8 Å². The van der Waals surface area contributed by atoms with Crippen molar-refractivity contribution in [2.45, 2.75) is 116 Å². The summed E-state index contributed by atoms with van der Waals surface area (Å²) in [5.74, 6) is 2.09. The minimum atomic E-state index is -0.160. The van der Waals surface area contributed by atoms with Crippen LogP contribution >= 0.6 is 0 Å². The summed E-state index contributed by atoms with van der Waals surface area (Å²) in [6.07, 6.45) is 15.4. The number of hydrogen-bond acceptors (Lipinski definition) is 4. The van der Waals surface area contributed by atoms with Crippen LogP contribution in [0.2, 0.25) is 0 Å². The summed E-state index contributed by atoms with van der Waals surface area (Å²) in [6.45, 7) is 6.44. The quantitative estimate of drug-likeness (QED) is 0.273. The summed E-state index contributed by atoms with van der Waals surface area (Å²) in [5, 5.41) is 2.58. The molecule has 5 aliphatic rings. The molecule has 0 aliphatic heterocycles.